The van der Waals surface area contributed by atoms with Gasteiger partial charge >= 0.3 is 0 Å². The van der Waals surface area contributed by atoms with E-state index in [4.69, 9.17) is 9.47 Å². The molecule has 2 amide bonds. The highest BCUT2D eigenvalue weighted by atomic mass is 32.2. The van der Waals surface area contributed by atoms with Gasteiger partial charge in [-0.1, -0.05) is 29.8 Å². The number of nitrogens with one attached hydrogen (secondary N) is 1. The number of carbonyl (C=O) groups is 2. The number of benzene rings is 3. The van der Waals surface area contributed by atoms with Crippen LogP contribution < -0.4 is 19.1 Å². The Morgan fingerprint density at radius 2 is 1.50 bits per heavy atom. The van der Waals surface area contributed by atoms with Crippen molar-refractivity contribution in [1.29, 1.82) is 0 Å². The topological polar surface area (TPSA) is 105 Å². The molecule has 0 aromatic heterocycles. The number of ether oxygens (including phenoxy) is 2. The number of aryl methyl sites for hydroxylation is 1. The van der Waals surface area contributed by atoms with Gasteiger partial charge in [0, 0.05) is 12.6 Å². The minimum atomic E-state index is -4.16. The van der Waals surface area contributed by atoms with Crippen LogP contribution in [0.3, 0.4) is 0 Å². The first-order valence-electron chi connectivity index (χ1n) is 12.9. The summed E-state index contributed by atoms with van der Waals surface area (Å²) in [5.74, 6) is 0.233. The standard InChI is InChI=1S/C30H37N3O6S/c1-21(2)31-30(35)23(4)32(19-24-8-7-9-27(18-24)39-6)29(34)20-33(25-12-10-22(3)11-13-25)40(36,37)28-16-14-26(38-5)15-17-28/h7-18,21,23H,19-20H2,1-6H3,(H,31,35)/t23-/m1/s1. The van der Waals surface area contributed by atoms with Crippen LogP contribution in [0.15, 0.2) is 77.7 Å². The zero-order chi connectivity index (χ0) is 29.4. The van der Waals surface area contributed by atoms with Gasteiger partial charge in [-0.2, -0.15) is 0 Å². The molecule has 0 aliphatic rings. The fourth-order valence-corrected chi connectivity index (χ4v) is 5.48. The van der Waals surface area contributed by atoms with E-state index in [1.165, 1.54) is 24.1 Å². The summed E-state index contributed by atoms with van der Waals surface area (Å²) >= 11 is 0. The van der Waals surface area contributed by atoms with Crippen molar-refractivity contribution >= 4 is 27.5 Å². The summed E-state index contributed by atoms with van der Waals surface area (Å²) in [5.41, 5.74) is 2.00. The molecule has 0 bridgehead atoms. The lowest BCUT2D eigenvalue weighted by Gasteiger charge is -2.32. The van der Waals surface area contributed by atoms with Crippen LogP contribution in [0.4, 0.5) is 5.69 Å². The minimum Gasteiger partial charge on any atom is -0.497 e. The van der Waals surface area contributed by atoms with Crippen molar-refractivity contribution in [2.75, 3.05) is 25.1 Å². The molecule has 214 valence electrons. The summed E-state index contributed by atoms with van der Waals surface area (Å²) < 4.78 is 39.3. The molecule has 0 aliphatic carbocycles. The van der Waals surface area contributed by atoms with Crippen LogP contribution in [-0.2, 0) is 26.2 Å². The molecule has 0 radical (unpaired) electrons. The van der Waals surface area contributed by atoms with Crippen LogP contribution >= 0.6 is 0 Å². The Morgan fingerprint density at radius 1 is 0.875 bits per heavy atom. The van der Waals surface area contributed by atoms with Gasteiger partial charge in [-0.05, 0) is 81.8 Å². The van der Waals surface area contributed by atoms with Crippen molar-refractivity contribution in [3.05, 3.63) is 83.9 Å². The van der Waals surface area contributed by atoms with Gasteiger partial charge in [-0.25, -0.2) is 8.42 Å². The number of methoxy groups -OCH3 is 2. The summed E-state index contributed by atoms with van der Waals surface area (Å²) in [6.07, 6.45) is 0. The average molecular weight is 568 g/mol. The van der Waals surface area contributed by atoms with Crippen molar-refractivity contribution in [2.24, 2.45) is 0 Å². The van der Waals surface area contributed by atoms with Crippen molar-refractivity contribution in [2.45, 2.75) is 51.2 Å². The summed E-state index contributed by atoms with van der Waals surface area (Å²) in [4.78, 5) is 28.4. The molecule has 0 saturated heterocycles. The zero-order valence-corrected chi connectivity index (χ0v) is 24.6. The Kier molecular flexibility index (Phi) is 10.2. The van der Waals surface area contributed by atoms with Gasteiger partial charge in [0.25, 0.3) is 10.0 Å². The number of carbonyl (C=O) groups excluding carboxylic acids is 2. The molecule has 1 N–H and O–H groups in total. The number of nitrogens with zero attached hydrogens (tertiary/aromatic N) is 2. The SMILES string of the molecule is COc1ccc(S(=O)(=O)N(CC(=O)N(Cc2cccc(OC)c2)[C@H](C)C(=O)NC(C)C)c2ccc(C)cc2)cc1. The molecule has 9 nitrogen and oxygen atoms in total. The van der Waals surface area contributed by atoms with E-state index >= 15 is 0 Å². The van der Waals surface area contributed by atoms with Crippen LogP contribution in [0.1, 0.15) is 31.9 Å². The van der Waals surface area contributed by atoms with E-state index in [0.717, 1.165) is 15.4 Å². The molecule has 1 atom stereocenters. The molecular formula is C30H37N3O6S. The van der Waals surface area contributed by atoms with E-state index in [-0.39, 0.29) is 23.4 Å². The molecular weight excluding hydrogens is 530 g/mol. The maximum absolute atomic E-state index is 14.0. The van der Waals surface area contributed by atoms with Gasteiger partial charge in [0.15, 0.2) is 0 Å². The van der Waals surface area contributed by atoms with Gasteiger partial charge in [-0.3, -0.25) is 13.9 Å². The van der Waals surface area contributed by atoms with Gasteiger partial charge in [0.1, 0.15) is 24.1 Å². The third-order valence-corrected chi connectivity index (χ3v) is 8.12. The van der Waals surface area contributed by atoms with Gasteiger partial charge in [-0.15, -0.1) is 0 Å². The van der Waals surface area contributed by atoms with E-state index in [0.29, 0.717) is 17.2 Å². The predicted octanol–water partition coefficient (Wildman–Crippen LogP) is 4.15. The summed E-state index contributed by atoms with van der Waals surface area (Å²) in [6, 6.07) is 19.0. The Labute approximate surface area is 236 Å². The number of sulfonamides is 1. The number of hydrogen-bond donors (Lipinski definition) is 1. The lowest BCUT2D eigenvalue weighted by Crippen LogP contribution is -2.52. The maximum atomic E-state index is 14.0. The quantitative estimate of drug-likeness (QED) is 0.353. The molecule has 3 aromatic carbocycles. The first-order chi connectivity index (χ1) is 19.0. The molecule has 0 spiro atoms. The molecule has 0 aliphatic heterocycles. The van der Waals surface area contributed by atoms with Crippen LogP contribution in [0.25, 0.3) is 0 Å². The highest BCUT2D eigenvalue weighted by molar-refractivity contribution is 7.92. The van der Waals surface area contributed by atoms with Gasteiger partial charge < -0.3 is 19.7 Å². The first kappa shape index (κ1) is 30.5. The second-order valence-electron chi connectivity index (χ2n) is 9.74. The largest absolute Gasteiger partial charge is 0.497 e. The van der Waals surface area contributed by atoms with Crippen molar-refractivity contribution in [1.82, 2.24) is 10.2 Å². The smallest absolute Gasteiger partial charge is 0.264 e. The monoisotopic (exact) mass is 567 g/mol. The van der Waals surface area contributed by atoms with E-state index in [9.17, 15) is 18.0 Å². The highest BCUT2D eigenvalue weighted by Gasteiger charge is 2.32. The van der Waals surface area contributed by atoms with Crippen molar-refractivity contribution in [3.63, 3.8) is 0 Å². The average Bonchev–Trinajstić information content (AvgIpc) is 2.94. The Bertz CT molecular complexity index is 1410. The lowest BCUT2D eigenvalue weighted by atomic mass is 10.1. The molecule has 0 saturated carbocycles. The summed E-state index contributed by atoms with van der Waals surface area (Å²) in [5, 5.41) is 2.84. The first-order valence-corrected chi connectivity index (χ1v) is 14.4. The number of hydrogen-bond acceptors (Lipinski definition) is 6. The van der Waals surface area contributed by atoms with E-state index < -0.39 is 28.5 Å². The summed E-state index contributed by atoms with van der Waals surface area (Å²) in [6.45, 7) is 6.75. The highest BCUT2D eigenvalue weighted by Crippen LogP contribution is 2.26. The second kappa shape index (κ2) is 13.3. The summed E-state index contributed by atoms with van der Waals surface area (Å²) in [7, 11) is -1.12. The maximum Gasteiger partial charge on any atom is 0.264 e. The molecule has 0 heterocycles. The number of rotatable bonds is 12. The Balaban J connectivity index is 2.03. The molecule has 3 rings (SSSR count). The van der Waals surface area contributed by atoms with E-state index in [1.54, 1.807) is 68.6 Å². The zero-order valence-electron chi connectivity index (χ0n) is 23.7. The Morgan fingerprint density at radius 3 is 2.08 bits per heavy atom. The number of amides is 2. The van der Waals surface area contributed by atoms with Gasteiger partial charge in [0.05, 0.1) is 24.8 Å². The van der Waals surface area contributed by atoms with Crippen molar-refractivity contribution in [3.8, 4) is 11.5 Å². The van der Waals surface area contributed by atoms with E-state index in [1.807, 2.05) is 26.8 Å². The lowest BCUT2D eigenvalue weighted by molar-refractivity contribution is -0.139. The van der Waals surface area contributed by atoms with E-state index in [2.05, 4.69) is 5.32 Å². The second-order valence-corrected chi connectivity index (χ2v) is 11.6. The third-order valence-electron chi connectivity index (χ3n) is 6.33. The fourth-order valence-electron chi connectivity index (χ4n) is 4.07. The fraction of sp³-hybridized carbons (Fsp3) is 0.333. The molecule has 3 aromatic rings. The van der Waals surface area contributed by atoms with Crippen LogP contribution in [0.5, 0.6) is 11.5 Å². The molecule has 0 fully saturated rings. The molecule has 40 heavy (non-hydrogen) atoms. The van der Waals surface area contributed by atoms with Crippen LogP contribution in [-0.4, -0.2) is 58.0 Å². The molecule has 0 unspecified atom stereocenters. The van der Waals surface area contributed by atoms with Crippen LogP contribution in [0.2, 0.25) is 0 Å². The normalized spacial score (nSPS) is 12.0. The number of anilines is 1. The van der Waals surface area contributed by atoms with Gasteiger partial charge in [0.2, 0.25) is 11.8 Å². The Hall–Kier alpha value is -4.05. The minimum absolute atomic E-state index is 0.00613. The molecule has 10 heteroatoms. The third kappa shape index (κ3) is 7.53. The van der Waals surface area contributed by atoms with Crippen molar-refractivity contribution < 1.29 is 27.5 Å². The van der Waals surface area contributed by atoms with Crippen LogP contribution in [0, 0.1) is 6.92 Å². The predicted molar refractivity (Wildman–Crippen MR) is 155 cm³/mol.